The van der Waals surface area contributed by atoms with Crippen molar-refractivity contribution in [2.45, 2.75) is 40.8 Å². The topological polar surface area (TPSA) is 0 Å². The molecule has 0 unspecified atom stereocenters. The van der Waals surface area contributed by atoms with Crippen molar-refractivity contribution >= 4 is 36.2 Å². The van der Waals surface area contributed by atoms with Crippen LogP contribution in [0.1, 0.15) is 36.1 Å². The molecule has 0 aliphatic heterocycles. The second-order valence-corrected chi connectivity index (χ2v) is 19.2. The summed E-state index contributed by atoms with van der Waals surface area (Å²) in [5.41, 5.74) is 11.2. The van der Waals surface area contributed by atoms with Gasteiger partial charge in [-0.2, -0.15) is 0 Å². The van der Waals surface area contributed by atoms with Crippen molar-refractivity contribution in [3.05, 3.63) is 167 Å². The summed E-state index contributed by atoms with van der Waals surface area (Å²) < 4.78 is 0. The minimum atomic E-state index is -2.04. The van der Waals surface area contributed by atoms with Gasteiger partial charge >= 0.3 is 37.9 Å². The van der Waals surface area contributed by atoms with Gasteiger partial charge in [0.1, 0.15) is 0 Å². The number of rotatable bonds is 4. The molecule has 0 heterocycles. The van der Waals surface area contributed by atoms with Crippen LogP contribution in [0.25, 0.3) is 11.1 Å². The number of aryl methyl sites for hydroxylation is 2. The van der Waals surface area contributed by atoms with Crippen molar-refractivity contribution in [3.63, 3.8) is 0 Å². The van der Waals surface area contributed by atoms with Crippen LogP contribution in [0, 0.1) is 73.3 Å². The molecule has 2 fully saturated rings. The zero-order chi connectivity index (χ0) is 28.6. The summed E-state index contributed by atoms with van der Waals surface area (Å²) in [5, 5.41) is 0. The summed E-state index contributed by atoms with van der Waals surface area (Å²) in [7, 11) is 7.82. The molecule has 4 aliphatic rings. The maximum atomic E-state index is 4.93. The fourth-order valence-corrected chi connectivity index (χ4v) is 11.0. The van der Waals surface area contributed by atoms with E-state index >= 15 is 0 Å². The molecule has 6 rings (SSSR count). The van der Waals surface area contributed by atoms with E-state index in [0.29, 0.717) is 0 Å². The Balaban J connectivity index is 0.00000103. The normalized spacial score (nSPS) is 21.5. The van der Waals surface area contributed by atoms with Crippen LogP contribution in [0.5, 0.6) is 0 Å². The van der Waals surface area contributed by atoms with E-state index in [4.69, 9.17) is 17.0 Å². The maximum absolute atomic E-state index is 4.93. The number of halogens is 2. The monoisotopic (exact) mass is 654 g/mol. The molecule has 0 N–H and O–H groups in total. The molecular formula is C36H34Cl2SiZr+2. The van der Waals surface area contributed by atoms with Crippen molar-refractivity contribution in [2.24, 2.45) is 0 Å². The number of fused-ring (bicyclic) bond motifs is 2. The van der Waals surface area contributed by atoms with E-state index in [0.717, 1.165) is 0 Å². The van der Waals surface area contributed by atoms with E-state index in [2.05, 4.69) is 139 Å². The van der Waals surface area contributed by atoms with Gasteiger partial charge in [0, 0.05) is 23.7 Å². The van der Waals surface area contributed by atoms with Crippen LogP contribution < -0.4 is 0 Å². The molecule has 4 heteroatoms. The first-order chi connectivity index (χ1) is 19.2. The zero-order valence-corrected chi connectivity index (χ0v) is 29.0. The average molecular weight is 657 g/mol. The van der Waals surface area contributed by atoms with Crippen molar-refractivity contribution in [1.82, 2.24) is 0 Å². The number of allylic oxidation sites excluding steroid dienone is 8. The summed E-state index contributed by atoms with van der Waals surface area (Å²) in [4.78, 5) is 0. The van der Waals surface area contributed by atoms with E-state index in [1.165, 1.54) is 68.9 Å². The minimum absolute atomic E-state index is 0.826. The number of hydrogen-bond donors (Lipinski definition) is 0. The second kappa shape index (κ2) is 12.8. The molecule has 0 bridgehead atoms. The zero-order valence-electron chi connectivity index (χ0n) is 24.0. The van der Waals surface area contributed by atoms with Gasteiger partial charge in [-0.1, -0.05) is 112 Å². The fraction of sp³-hybridized carbons (Fsp3) is 0.167. The molecule has 198 valence electrons. The molecule has 4 aliphatic carbocycles. The van der Waals surface area contributed by atoms with Gasteiger partial charge in [-0.3, -0.25) is 0 Å². The van der Waals surface area contributed by atoms with Crippen molar-refractivity contribution in [2.75, 3.05) is 0 Å². The van der Waals surface area contributed by atoms with Crippen LogP contribution in [-0.2, 0) is 20.8 Å². The third-order valence-corrected chi connectivity index (χ3v) is 12.2. The van der Waals surface area contributed by atoms with Crippen LogP contribution in [0.4, 0.5) is 0 Å². The summed E-state index contributed by atoms with van der Waals surface area (Å²) in [6.07, 6.45) is 18.7. The van der Waals surface area contributed by atoms with E-state index in [1.54, 1.807) is 11.1 Å². The van der Waals surface area contributed by atoms with Gasteiger partial charge < -0.3 is 0 Å². The molecule has 0 saturated heterocycles. The van der Waals surface area contributed by atoms with Gasteiger partial charge in [-0.15, -0.1) is 0 Å². The molecule has 0 atom stereocenters. The van der Waals surface area contributed by atoms with Crippen molar-refractivity contribution in [1.29, 1.82) is 0 Å². The molecule has 0 spiro atoms. The Labute approximate surface area is 262 Å². The predicted molar refractivity (Wildman–Crippen MR) is 172 cm³/mol. The predicted octanol–water partition coefficient (Wildman–Crippen LogP) is 10.1. The van der Waals surface area contributed by atoms with Crippen LogP contribution in [0.3, 0.4) is 0 Å². The van der Waals surface area contributed by atoms with E-state index < -0.39 is 28.9 Å². The molecule has 0 amide bonds. The number of benzene rings is 2. The first kappa shape index (κ1) is 30.5. The Morgan fingerprint density at radius 3 is 1.32 bits per heavy atom. The standard InChI is InChI=1S/C36H34Si.2ClH.Zr/c1-23-13-7-9-15-27(23)29-17-11-19-31-33(29)21-25(3)35(31)37(5,6)36-26(4)22-34-30(18-12-20-32(34)36)28-16-10-8-14-24(28)2;;;/h7-22H,1-6H3;2*1H;/q;;;+4/p-2. The van der Waals surface area contributed by atoms with Gasteiger partial charge in [0.25, 0.3) is 0 Å². The van der Waals surface area contributed by atoms with Crippen molar-refractivity contribution in [3.8, 4) is 0 Å². The first-order valence-corrected chi connectivity index (χ1v) is 23.0. The molecule has 2 saturated carbocycles. The van der Waals surface area contributed by atoms with Crippen LogP contribution >= 0.6 is 17.0 Å². The van der Waals surface area contributed by atoms with Crippen molar-refractivity contribution < 1.29 is 20.8 Å². The van der Waals surface area contributed by atoms with E-state index in [-0.39, 0.29) is 0 Å². The summed E-state index contributed by atoms with van der Waals surface area (Å²) in [6.45, 7) is 14.2. The molecule has 10 radical (unpaired) electrons. The molecule has 40 heavy (non-hydrogen) atoms. The Bertz CT molecular complexity index is 1240. The molecule has 2 aromatic rings. The van der Waals surface area contributed by atoms with E-state index in [9.17, 15) is 0 Å². The van der Waals surface area contributed by atoms with Crippen LogP contribution in [0.15, 0.2) is 85.0 Å². The first-order valence-electron chi connectivity index (χ1n) is 13.7. The Hall–Kier alpha value is -0.920. The molecular weight excluding hydrogens is 623 g/mol. The molecule has 0 nitrogen and oxygen atoms in total. The van der Waals surface area contributed by atoms with Gasteiger partial charge in [-0.25, -0.2) is 0 Å². The van der Waals surface area contributed by atoms with Gasteiger partial charge in [-0.05, 0) is 83.0 Å². The Kier molecular flexibility index (Phi) is 9.73. The third kappa shape index (κ3) is 5.57. The Morgan fingerprint density at radius 2 is 0.950 bits per heavy atom. The van der Waals surface area contributed by atoms with Crippen LogP contribution in [0.2, 0.25) is 13.1 Å². The third-order valence-electron chi connectivity index (χ3n) is 8.38. The molecule has 2 aromatic carbocycles. The second-order valence-electron chi connectivity index (χ2n) is 11.3. The van der Waals surface area contributed by atoms with Gasteiger partial charge in [0.15, 0.2) is 0 Å². The summed E-state index contributed by atoms with van der Waals surface area (Å²) >= 11 is -0.826. The fourth-order valence-electron chi connectivity index (χ4n) is 6.88. The summed E-state index contributed by atoms with van der Waals surface area (Å²) in [5.74, 6) is 8.49. The summed E-state index contributed by atoms with van der Waals surface area (Å²) in [6, 6.07) is 17.5. The van der Waals surface area contributed by atoms with E-state index in [1.807, 2.05) is 0 Å². The van der Waals surface area contributed by atoms with Gasteiger partial charge in [0.05, 0.1) is 8.07 Å². The average Bonchev–Trinajstić information content (AvgIpc) is 3.46. The van der Waals surface area contributed by atoms with Gasteiger partial charge in [0.2, 0.25) is 0 Å². The quantitative estimate of drug-likeness (QED) is 0.288. The molecule has 0 aromatic heterocycles. The Morgan fingerprint density at radius 1 is 0.575 bits per heavy atom. The van der Waals surface area contributed by atoms with Crippen LogP contribution in [-0.4, -0.2) is 8.07 Å². The number of hydrogen-bond acceptors (Lipinski definition) is 0. The SMILES string of the molecule is C[C]1[CH][C]2[C](C=CC=C2c2ccccc2C)[C]1[Si](C)(C)[C]1[C](C)[CH][C]2[C]1C=CC=C2c1ccccc1C.[Cl][Zr+2][Cl].